The van der Waals surface area contributed by atoms with Crippen LogP contribution in [-0.4, -0.2) is 26.1 Å². The predicted octanol–water partition coefficient (Wildman–Crippen LogP) is 2.94. The van der Waals surface area contributed by atoms with Crippen molar-refractivity contribution in [2.24, 2.45) is 0 Å². The molecule has 22 heavy (non-hydrogen) atoms. The van der Waals surface area contributed by atoms with Crippen molar-refractivity contribution in [2.75, 3.05) is 20.0 Å². The lowest BCUT2D eigenvalue weighted by molar-refractivity contribution is 0.0818. The number of carbonyl (C=O) groups is 1. The smallest absolute Gasteiger partial charge is 0.203 e. The van der Waals surface area contributed by atoms with Crippen molar-refractivity contribution in [3.05, 3.63) is 48.0 Å². The topological polar surface area (TPSA) is 70.8 Å². The number of benzene rings is 2. The van der Waals surface area contributed by atoms with Crippen LogP contribution in [0.5, 0.6) is 17.2 Å². The highest BCUT2D eigenvalue weighted by Crippen LogP contribution is 2.28. The SMILES string of the molecule is COc1ccc(C(=O)C(C)Oc2ccc(N)cc2)cc1OC. The molecule has 0 aromatic heterocycles. The monoisotopic (exact) mass is 301 g/mol. The quantitative estimate of drug-likeness (QED) is 0.656. The second-order valence-corrected chi connectivity index (χ2v) is 4.76. The van der Waals surface area contributed by atoms with Gasteiger partial charge in [-0.15, -0.1) is 0 Å². The Morgan fingerprint density at radius 1 is 1.00 bits per heavy atom. The summed E-state index contributed by atoms with van der Waals surface area (Å²) in [6.07, 6.45) is -0.623. The number of ketones is 1. The first-order chi connectivity index (χ1) is 10.5. The van der Waals surface area contributed by atoms with Crippen LogP contribution in [0.15, 0.2) is 42.5 Å². The Morgan fingerprint density at radius 2 is 1.64 bits per heavy atom. The molecular formula is C17H19NO4. The highest BCUT2D eigenvalue weighted by atomic mass is 16.5. The van der Waals surface area contributed by atoms with Crippen molar-refractivity contribution >= 4 is 11.5 Å². The molecule has 0 heterocycles. The van der Waals surface area contributed by atoms with E-state index in [0.717, 1.165) is 0 Å². The Morgan fingerprint density at radius 3 is 2.23 bits per heavy atom. The fourth-order valence-electron chi connectivity index (χ4n) is 2.03. The van der Waals surface area contributed by atoms with Crippen LogP contribution in [0.1, 0.15) is 17.3 Å². The van der Waals surface area contributed by atoms with E-state index in [0.29, 0.717) is 28.5 Å². The van der Waals surface area contributed by atoms with E-state index in [4.69, 9.17) is 19.9 Å². The van der Waals surface area contributed by atoms with Gasteiger partial charge in [0.25, 0.3) is 0 Å². The number of anilines is 1. The van der Waals surface area contributed by atoms with Crippen molar-refractivity contribution < 1.29 is 19.0 Å². The Kier molecular flexibility index (Phi) is 4.88. The second-order valence-electron chi connectivity index (χ2n) is 4.76. The van der Waals surface area contributed by atoms with Crippen molar-refractivity contribution in [3.8, 4) is 17.2 Å². The van der Waals surface area contributed by atoms with Crippen LogP contribution in [-0.2, 0) is 0 Å². The fraction of sp³-hybridized carbons (Fsp3) is 0.235. The Bertz CT molecular complexity index is 652. The number of hydrogen-bond acceptors (Lipinski definition) is 5. The number of ether oxygens (including phenoxy) is 3. The molecule has 0 amide bonds. The van der Waals surface area contributed by atoms with Gasteiger partial charge in [0, 0.05) is 11.3 Å². The maximum absolute atomic E-state index is 12.4. The van der Waals surface area contributed by atoms with Crippen LogP contribution in [0.2, 0.25) is 0 Å². The lowest BCUT2D eigenvalue weighted by Gasteiger charge is -2.15. The molecule has 0 aliphatic carbocycles. The third kappa shape index (κ3) is 3.49. The molecule has 0 radical (unpaired) electrons. The molecule has 5 nitrogen and oxygen atoms in total. The van der Waals surface area contributed by atoms with Crippen molar-refractivity contribution in [1.29, 1.82) is 0 Å². The van der Waals surface area contributed by atoms with E-state index in [1.165, 1.54) is 7.11 Å². The number of hydrogen-bond donors (Lipinski definition) is 1. The van der Waals surface area contributed by atoms with Gasteiger partial charge in [-0.05, 0) is 49.4 Å². The third-order valence-electron chi connectivity index (χ3n) is 3.23. The molecule has 0 saturated carbocycles. The average Bonchev–Trinajstić information content (AvgIpc) is 2.55. The van der Waals surface area contributed by atoms with E-state index >= 15 is 0 Å². The highest BCUT2D eigenvalue weighted by Gasteiger charge is 2.18. The van der Waals surface area contributed by atoms with Crippen LogP contribution in [0, 0.1) is 0 Å². The zero-order valence-electron chi connectivity index (χ0n) is 12.8. The third-order valence-corrected chi connectivity index (χ3v) is 3.23. The number of Topliss-reactive ketones (excluding diaryl/α,β-unsaturated/α-hetero) is 1. The van der Waals surface area contributed by atoms with Gasteiger partial charge in [0.1, 0.15) is 5.75 Å². The molecule has 0 aliphatic rings. The molecule has 0 spiro atoms. The summed E-state index contributed by atoms with van der Waals surface area (Å²) in [5.74, 6) is 1.53. The van der Waals surface area contributed by atoms with Gasteiger partial charge in [-0.1, -0.05) is 0 Å². The molecule has 2 aromatic rings. The van der Waals surface area contributed by atoms with E-state index in [-0.39, 0.29) is 5.78 Å². The predicted molar refractivity (Wildman–Crippen MR) is 84.8 cm³/mol. The summed E-state index contributed by atoms with van der Waals surface area (Å²) in [6.45, 7) is 1.70. The van der Waals surface area contributed by atoms with E-state index in [2.05, 4.69) is 0 Å². The first-order valence-electron chi connectivity index (χ1n) is 6.83. The second kappa shape index (κ2) is 6.85. The van der Waals surface area contributed by atoms with Gasteiger partial charge in [-0.25, -0.2) is 0 Å². The lowest BCUT2D eigenvalue weighted by atomic mass is 10.1. The first-order valence-corrected chi connectivity index (χ1v) is 6.83. The molecule has 116 valence electrons. The van der Waals surface area contributed by atoms with Crippen LogP contribution in [0.25, 0.3) is 0 Å². The summed E-state index contributed by atoms with van der Waals surface area (Å²) in [5, 5.41) is 0. The Hall–Kier alpha value is -2.69. The van der Waals surface area contributed by atoms with Gasteiger partial charge < -0.3 is 19.9 Å². The minimum absolute atomic E-state index is 0.141. The summed E-state index contributed by atoms with van der Waals surface area (Å²) in [5.41, 5.74) is 6.76. The standard InChI is InChI=1S/C17H19NO4/c1-11(22-14-7-5-13(18)6-8-14)17(19)12-4-9-15(20-2)16(10-12)21-3/h4-11H,18H2,1-3H3. The van der Waals surface area contributed by atoms with Crippen LogP contribution in [0.3, 0.4) is 0 Å². The van der Waals surface area contributed by atoms with Crippen LogP contribution >= 0.6 is 0 Å². The van der Waals surface area contributed by atoms with Gasteiger partial charge >= 0.3 is 0 Å². The van der Waals surface area contributed by atoms with Gasteiger partial charge in [0.05, 0.1) is 14.2 Å². The Balaban J connectivity index is 2.14. The summed E-state index contributed by atoms with van der Waals surface area (Å²) in [6, 6.07) is 11.9. The van der Waals surface area contributed by atoms with E-state index in [9.17, 15) is 4.79 Å². The van der Waals surface area contributed by atoms with Gasteiger partial charge in [0.2, 0.25) is 5.78 Å². The molecule has 5 heteroatoms. The van der Waals surface area contributed by atoms with E-state index in [1.807, 2.05) is 0 Å². The number of nitrogen functional groups attached to an aromatic ring is 1. The van der Waals surface area contributed by atoms with Crippen LogP contribution in [0.4, 0.5) is 5.69 Å². The van der Waals surface area contributed by atoms with Gasteiger partial charge in [-0.3, -0.25) is 4.79 Å². The molecule has 0 saturated heterocycles. The molecule has 0 bridgehead atoms. The van der Waals surface area contributed by atoms with Gasteiger partial charge in [-0.2, -0.15) is 0 Å². The summed E-state index contributed by atoms with van der Waals surface area (Å²) >= 11 is 0. The normalized spacial score (nSPS) is 11.6. The van der Waals surface area contributed by atoms with E-state index in [1.54, 1.807) is 56.5 Å². The minimum Gasteiger partial charge on any atom is -0.493 e. The van der Waals surface area contributed by atoms with Crippen molar-refractivity contribution in [1.82, 2.24) is 0 Å². The zero-order valence-corrected chi connectivity index (χ0v) is 12.8. The molecular weight excluding hydrogens is 282 g/mol. The number of carbonyl (C=O) groups excluding carboxylic acids is 1. The fourth-order valence-corrected chi connectivity index (χ4v) is 2.03. The van der Waals surface area contributed by atoms with Gasteiger partial charge in [0.15, 0.2) is 17.6 Å². The average molecular weight is 301 g/mol. The minimum atomic E-state index is -0.623. The van der Waals surface area contributed by atoms with Crippen molar-refractivity contribution in [2.45, 2.75) is 13.0 Å². The molecule has 0 aliphatic heterocycles. The highest BCUT2D eigenvalue weighted by molar-refractivity contribution is 6.00. The maximum atomic E-state index is 12.4. The van der Waals surface area contributed by atoms with Crippen LogP contribution < -0.4 is 19.9 Å². The molecule has 1 atom stereocenters. The maximum Gasteiger partial charge on any atom is 0.203 e. The summed E-state index contributed by atoms with van der Waals surface area (Å²) < 4.78 is 16.0. The lowest BCUT2D eigenvalue weighted by Crippen LogP contribution is -2.23. The summed E-state index contributed by atoms with van der Waals surface area (Å²) in [7, 11) is 3.08. The molecule has 1 unspecified atom stereocenters. The number of rotatable bonds is 6. The molecule has 2 rings (SSSR count). The number of nitrogens with two attached hydrogens (primary N) is 1. The van der Waals surface area contributed by atoms with E-state index < -0.39 is 6.10 Å². The Labute approximate surface area is 129 Å². The molecule has 0 fully saturated rings. The summed E-state index contributed by atoms with van der Waals surface area (Å²) in [4.78, 5) is 12.4. The largest absolute Gasteiger partial charge is 0.493 e. The van der Waals surface area contributed by atoms with Crippen molar-refractivity contribution in [3.63, 3.8) is 0 Å². The number of methoxy groups -OCH3 is 2. The molecule has 2 N–H and O–H groups in total. The first kappa shape index (κ1) is 15.7. The zero-order chi connectivity index (χ0) is 16.1. The molecule has 2 aromatic carbocycles.